The Hall–Kier alpha value is -3.58. The lowest BCUT2D eigenvalue weighted by atomic mass is 10.0. The number of rotatable bonds is 7. The molecule has 1 saturated heterocycles. The SMILES string of the molecule is CC(=O)OCC1=C(C(=O)O)N2C(=O)C(NC(=O)Cc3csc(-c4c(O)cccc4O)n3)C2SC1. The molecule has 1 fully saturated rings. The van der Waals surface area contributed by atoms with Crippen LogP contribution >= 0.6 is 23.1 Å². The fraction of sp³-hybridized carbons (Fsp3) is 0.286. The van der Waals surface area contributed by atoms with Gasteiger partial charge >= 0.3 is 11.9 Å². The molecule has 0 saturated carbocycles. The van der Waals surface area contributed by atoms with Crippen LogP contribution in [0.15, 0.2) is 34.8 Å². The molecule has 2 aliphatic rings. The summed E-state index contributed by atoms with van der Waals surface area (Å²) in [6, 6.07) is 3.41. The molecule has 2 unspecified atom stereocenters. The van der Waals surface area contributed by atoms with Gasteiger partial charge in [0, 0.05) is 23.6 Å². The van der Waals surface area contributed by atoms with E-state index in [4.69, 9.17) is 4.74 Å². The predicted octanol–water partition coefficient (Wildman–Crippen LogP) is 1.07. The maximum Gasteiger partial charge on any atom is 0.352 e. The summed E-state index contributed by atoms with van der Waals surface area (Å²) in [6.45, 7) is 0.979. The molecule has 0 spiro atoms. The Balaban J connectivity index is 1.42. The van der Waals surface area contributed by atoms with Crippen LogP contribution in [0.1, 0.15) is 12.6 Å². The lowest BCUT2D eigenvalue weighted by molar-refractivity contribution is -0.151. The van der Waals surface area contributed by atoms with E-state index in [1.807, 2.05) is 0 Å². The van der Waals surface area contributed by atoms with Gasteiger partial charge < -0.3 is 25.4 Å². The molecule has 1 aromatic carbocycles. The number of aromatic hydroxyl groups is 2. The number of aliphatic carboxylic acids is 1. The highest BCUT2D eigenvalue weighted by Gasteiger charge is 2.54. The number of ether oxygens (including phenoxy) is 1. The lowest BCUT2D eigenvalue weighted by Gasteiger charge is -2.49. The number of amides is 2. The largest absolute Gasteiger partial charge is 0.507 e. The first-order valence-electron chi connectivity index (χ1n) is 9.95. The van der Waals surface area contributed by atoms with Crippen LogP contribution in [0.4, 0.5) is 0 Å². The van der Waals surface area contributed by atoms with Crippen LogP contribution in [-0.4, -0.2) is 72.7 Å². The van der Waals surface area contributed by atoms with E-state index in [9.17, 15) is 34.5 Å². The van der Waals surface area contributed by atoms with E-state index >= 15 is 0 Å². The van der Waals surface area contributed by atoms with Crippen molar-refractivity contribution >= 4 is 46.9 Å². The highest BCUT2D eigenvalue weighted by molar-refractivity contribution is 8.00. The molecular formula is C21H19N3O8S2. The number of phenols is 2. The normalized spacial score (nSPS) is 19.3. The van der Waals surface area contributed by atoms with Crippen LogP contribution in [0.5, 0.6) is 11.5 Å². The number of carboxylic acid groups (broad SMARTS) is 1. The maximum absolute atomic E-state index is 12.7. The Labute approximate surface area is 201 Å². The number of aromatic nitrogens is 1. The molecule has 34 heavy (non-hydrogen) atoms. The van der Waals surface area contributed by atoms with E-state index < -0.39 is 35.2 Å². The van der Waals surface area contributed by atoms with Crippen LogP contribution in [0.25, 0.3) is 10.6 Å². The number of thiazole rings is 1. The van der Waals surface area contributed by atoms with E-state index in [-0.39, 0.29) is 41.5 Å². The number of benzene rings is 1. The molecule has 4 N–H and O–H groups in total. The second-order valence-electron chi connectivity index (χ2n) is 7.48. The third kappa shape index (κ3) is 4.43. The smallest absolute Gasteiger partial charge is 0.352 e. The molecule has 3 heterocycles. The van der Waals surface area contributed by atoms with E-state index in [0.717, 1.165) is 16.2 Å². The molecule has 2 amide bonds. The maximum atomic E-state index is 12.7. The van der Waals surface area contributed by atoms with Crippen molar-refractivity contribution in [3.8, 4) is 22.1 Å². The number of nitrogens with one attached hydrogen (secondary N) is 1. The van der Waals surface area contributed by atoms with Gasteiger partial charge in [0.05, 0.1) is 17.7 Å². The van der Waals surface area contributed by atoms with Crippen LogP contribution in [0, 0.1) is 0 Å². The third-order valence-electron chi connectivity index (χ3n) is 5.14. The lowest BCUT2D eigenvalue weighted by Crippen LogP contribution is -2.70. The van der Waals surface area contributed by atoms with Gasteiger partial charge in [0.2, 0.25) is 5.91 Å². The quantitative estimate of drug-likeness (QED) is 0.316. The molecule has 4 rings (SSSR count). The Morgan fingerprint density at radius 1 is 1.26 bits per heavy atom. The predicted molar refractivity (Wildman–Crippen MR) is 121 cm³/mol. The van der Waals surface area contributed by atoms with Crippen molar-refractivity contribution in [1.82, 2.24) is 15.2 Å². The van der Waals surface area contributed by atoms with Crippen LogP contribution in [0.3, 0.4) is 0 Å². The van der Waals surface area contributed by atoms with Gasteiger partial charge in [-0.2, -0.15) is 0 Å². The van der Waals surface area contributed by atoms with Gasteiger partial charge in [0.15, 0.2) is 0 Å². The van der Waals surface area contributed by atoms with E-state index in [1.54, 1.807) is 5.38 Å². The van der Waals surface area contributed by atoms with Gasteiger partial charge in [0.1, 0.15) is 40.2 Å². The van der Waals surface area contributed by atoms with Crippen molar-refractivity contribution in [3.63, 3.8) is 0 Å². The first-order valence-corrected chi connectivity index (χ1v) is 11.9. The average molecular weight is 506 g/mol. The number of thioether (sulfide) groups is 1. The fourth-order valence-electron chi connectivity index (χ4n) is 3.62. The van der Waals surface area contributed by atoms with E-state index in [1.165, 1.54) is 36.9 Å². The number of nitrogens with zero attached hydrogens (tertiary/aromatic N) is 2. The average Bonchev–Trinajstić information content (AvgIpc) is 3.22. The first kappa shape index (κ1) is 23.6. The van der Waals surface area contributed by atoms with Gasteiger partial charge in [-0.1, -0.05) is 6.07 Å². The minimum absolute atomic E-state index is 0.143. The van der Waals surface area contributed by atoms with Crippen molar-refractivity contribution in [3.05, 3.63) is 40.5 Å². The van der Waals surface area contributed by atoms with Crippen LogP contribution in [0.2, 0.25) is 0 Å². The van der Waals surface area contributed by atoms with Crippen molar-refractivity contribution < 1.29 is 39.2 Å². The molecule has 0 aliphatic carbocycles. The molecule has 2 atom stereocenters. The topological polar surface area (TPSA) is 166 Å². The number of hydrogen-bond donors (Lipinski definition) is 4. The Kier molecular flexibility index (Phi) is 6.48. The number of hydrogen-bond acceptors (Lipinski definition) is 10. The standard InChI is InChI=1S/C21H19N3O8S2/c1-9(25)32-6-10-7-34-20-16(19(29)24(20)17(10)21(30)31)23-14(28)5-11-8-33-18(22-11)15-12(26)3-2-4-13(15)27/h2-4,8,16,20,26-27H,5-7H2,1H3,(H,23,28)(H,30,31). The highest BCUT2D eigenvalue weighted by Crippen LogP contribution is 2.41. The number of carbonyl (C=O) groups excluding carboxylic acids is 3. The zero-order valence-corrected chi connectivity index (χ0v) is 19.3. The highest BCUT2D eigenvalue weighted by atomic mass is 32.2. The molecule has 1 aromatic heterocycles. The van der Waals surface area contributed by atoms with Gasteiger partial charge in [-0.15, -0.1) is 23.1 Å². The third-order valence-corrected chi connectivity index (χ3v) is 7.39. The number of carbonyl (C=O) groups is 4. The molecule has 178 valence electrons. The Morgan fingerprint density at radius 2 is 1.97 bits per heavy atom. The van der Waals surface area contributed by atoms with Crippen LogP contribution in [-0.2, 0) is 30.3 Å². The summed E-state index contributed by atoms with van der Waals surface area (Å²) < 4.78 is 4.89. The van der Waals surface area contributed by atoms with Gasteiger partial charge in [0.25, 0.3) is 5.91 Å². The summed E-state index contributed by atoms with van der Waals surface area (Å²) >= 11 is 2.41. The van der Waals surface area contributed by atoms with Crippen molar-refractivity contribution in [1.29, 1.82) is 0 Å². The molecule has 0 radical (unpaired) electrons. The molecule has 11 nitrogen and oxygen atoms in total. The summed E-state index contributed by atoms with van der Waals surface area (Å²) in [5.74, 6) is -2.98. The number of β-lactam (4-membered cyclic amide) rings is 1. The zero-order valence-electron chi connectivity index (χ0n) is 17.7. The second kappa shape index (κ2) is 9.35. The summed E-state index contributed by atoms with van der Waals surface area (Å²) in [6.07, 6.45) is -0.147. The first-order chi connectivity index (χ1) is 16.2. The minimum Gasteiger partial charge on any atom is -0.507 e. The summed E-state index contributed by atoms with van der Waals surface area (Å²) in [5, 5.41) is 33.5. The molecule has 2 aromatic rings. The number of phenolic OH excluding ortho intramolecular Hbond substituents is 2. The molecular weight excluding hydrogens is 486 g/mol. The van der Waals surface area contributed by atoms with Gasteiger partial charge in [-0.25, -0.2) is 9.78 Å². The summed E-state index contributed by atoms with van der Waals surface area (Å²) in [7, 11) is 0. The Bertz CT molecular complexity index is 1200. The molecule has 0 bridgehead atoms. The van der Waals surface area contributed by atoms with E-state index in [0.29, 0.717) is 16.3 Å². The monoisotopic (exact) mass is 505 g/mol. The van der Waals surface area contributed by atoms with E-state index in [2.05, 4.69) is 10.3 Å². The number of carboxylic acids is 1. The molecule has 2 aliphatic heterocycles. The van der Waals surface area contributed by atoms with Crippen molar-refractivity contribution in [2.24, 2.45) is 0 Å². The molecule has 13 heteroatoms. The van der Waals surface area contributed by atoms with Gasteiger partial charge in [-0.3, -0.25) is 19.3 Å². The number of fused-ring (bicyclic) bond motifs is 1. The van der Waals surface area contributed by atoms with Crippen molar-refractivity contribution in [2.45, 2.75) is 24.8 Å². The van der Waals surface area contributed by atoms with Crippen LogP contribution < -0.4 is 5.32 Å². The zero-order chi connectivity index (χ0) is 24.6. The fourth-order valence-corrected chi connectivity index (χ4v) is 5.83. The van der Waals surface area contributed by atoms with Gasteiger partial charge in [-0.05, 0) is 12.1 Å². The van der Waals surface area contributed by atoms with Crippen molar-refractivity contribution in [2.75, 3.05) is 12.4 Å². The second-order valence-corrected chi connectivity index (χ2v) is 9.45. The minimum atomic E-state index is -1.31. The summed E-state index contributed by atoms with van der Waals surface area (Å²) in [4.78, 5) is 53.4. The Morgan fingerprint density at radius 3 is 2.62 bits per heavy atom. The number of esters is 1. The summed E-state index contributed by atoms with van der Waals surface area (Å²) in [5.41, 5.74) is 0.631.